The minimum absolute atomic E-state index is 0.354. The number of alkyl halides is 2. The van der Waals surface area contributed by atoms with Crippen molar-refractivity contribution in [1.29, 1.82) is 0 Å². The predicted octanol–water partition coefficient (Wildman–Crippen LogP) is 2.24. The smallest absolute Gasteiger partial charge is 0.240 e. The number of hydrogen-bond acceptors (Lipinski definition) is 2. The van der Waals surface area contributed by atoms with E-state index in [1.807, 2.05) is 0 Å². The monoisotopic (exact) mass is 175 g/mol. The van der Waals surface area contributed by atoms with E-state index in [1.165, 1.54) is 0 Å². The van der Waals surface area contributed by atoms with E-state index >= 15 is 0 Å². The van der Waals surface area contributed by atoms with Crippen molar-refractivity contribution in [3.8, 4) is 0 Å². The van der Waals surface area contributed by atoms with Gasteiger partial charge in [0.15, 0.2) is 0 Å². The summed E-state index contributed by atoms with van der Waals surface area (Å²) in [6.07, 6.45) is -2.74. The summed E-state index contributed by atoms with van der Waals surface area (Å²) in [5.74, 6) is 1.11. The van der Waals surface area contributed by atoms with E-state index in [1.54, 1.807) is 19.1 Å². The fourth-order valence-electron chi connectivity index (χ4n) is 0.961. The molecule has 0 bridgehead atoms. The molecule has 0 spiro atoms. The molecule has 1 aromatic rings. The molecule has 0 aliphatic rings. The minimum Gasteiger partial charge on any atom is -0.465 e. The molecule has 0 aliphatic carbocycles. The molecule has 2 N–H and O–H groups in total. The Morgan fingerprint density at radius 2 is 2.17 bits per heavy atom. The van der Waals surface area contributed by atoms with E-state index in [0.29, 0.717) is 11.5 Å². The van der Waals surface area contributed by atoms with Crippen molar-refractivity contribution < 1.29 is 13.2 Å². The van der Waals surface area contributed by atoms with Crippen LogP contribution in [0, 0.1) is 6.92 Å². The van der Waals surface area contributed by atoms with Gasteiger partial charge < -0.3 is 10.2 Å². The Balaban J connectivity index is 2.58. The number of hydrogen-bond donors (Lipinski definition) is 1. The number of nitrogens with two attached hydrogens (primary N) is 1. The molecule has 0 saturated carbocycles. The first-order chi connectivity index (χ1) is 5.59. The largest absolute Gasteiger partial charge is 0.465 e. The molecule has 0 amide bonds. The van der Waals surface area contributed by atoms with Gasteiger partial charge >= 0.3 is 0 Å². The maximum Gasteiger partial charge on any atom is 0.240 e. The first kappa shape index (κ1) is 9.19. The summed E-state index contributed by atoms with van der Waals surface area (Å²) in [7, 11) is 0. The highest BCUT2D eigenvalue weighted by molar-refractivity contribution is 5.09. The van der Waals surface area contributed by atoms with Crippen LogP contribution in [0.1, 0.15) is 24.0 Å². The molecule has 1 rings (SSSR count). The van der Waals surface area contributed by atoms with Crippen molar-refractivity contribution >= 4 is 0 Å². The van der Waals surface area contributed by atoms with Gasteiger partial charge in [-0.2, -0.15) is 0 Å². The summed E-state index contributed by atoms with van der Waals surface area (Å²) in [5.41, 5.74) is 5.44. The second kappa shape index (κ2) is 3.67. The van der Waals surface area contributed by atoms with Crippen molar-refractivity contribution in [2.45, 2.75) is 25.8 Å². The highest BCUT2D eigenvalue weighted by atomic mass is 19.3. The average Bonchev–Trinajstić information content (AvgIpc) is 2.34. The van der Waals surface area contributed by atoms with Crippen LogP contribution in [0.5, 0.6) is 0 Å². The lowest BCUT2D eigenvalue weighted by Crippen LogP contribution is -2.12. The van der Waals surface area contributed by atoms with E-state index < -0.39 is 12.5 Å². The predicted molar refractivity (Wildman–Crippen MR) is 41.0 cm³/mol. The van der Waals surface area contributed by atoms with Crippen LogP contribution in [0.15, 0.2) is 16.5 Å². The summed E-state index contributed by atoms with van der Waals surface area (Å²) >= 11 is 0. The Labute approximate surface area is 69.4 Å². The van der Waals surface area contributed by atoms with Crippen molar-refractivity contribution in [1.82, 2.24) is 0 Å². The average molecular weight is 175 g/mol. The minimum atomic E-state index is -2.38. The Morgan fingerprint density at radius 1 is 1.50 bits per heavy atom. The molecule has 0 aromatic carbocycles. The highest BCUT2D eigenvalue weighted by Crippen LogP contribution is 2.19. The summed E-state index contributed by atoms with van der Waals surface area (Å²) in [4.78, 5) is 0. The van der Waals surface area contributed by atoms with Gasteiger partial charge in [0.25, 0.3) is 0 Å². The Hall–Kier alpha value is -0.900. The van der Waals surface area contributed by atoms with Gasteiger partial charge in [0, 0.05) is 6.42 Å². The van der Waals surface area contributed by atoms with E-state index in [9.17, 15) is 8.78 Å². The number of halogens is 2. The third-order valence-electron chi connectivity index (χ3n) is 1.56. The summed E-state index contributed by atoms with van der Waals surface area (Å²) < 4.78 is 28.8. The van der Waals surface area contributed by atoms with Crippen LogP contribution in [0.25, 0.3) is 0 Å². The summed E-state index contributed by atoms with van der Waals surface area (Å²) in [6.45, 7) is 1.75. The molecule has 0 radical (unpaired) electrons. The van der Waals surface area contributed by atoms with E-state index in [2.05, 4.69) is 0 Å². The molecule has 4 heteroatoms. The fourth-order valence-corrected chi connectivity index (χ4v) is 0.961. The van der Waals surface area contributed by atoms with Gasteiger partial charge in [-0.15, -0.1) is 0 Å². The second-order valence-electron chi connectivity index (χ2n) is 2.68. The van der Waals surface area contributed by atoms with Gasteiger partial charge in [-0.3, -0.25) is 0 Å². The van der Waals surface area contributed by atoms with Crippen molar-refractivity contribution in [2.75, 3.05) is 0 Å². The van der Waals surface area contributed by atoms with Gasteiger partial charge in [0.05, 0.1) is 6.04 Å². The maximum absolute atomic E-state index is 11.9. The molecule has 68 valence electrons. The first-order valence-electron chi connectivity index (χ1n) is 3.69. The molecule has 0 saturated heterocycles. The normalized spacial score (nSPS) is 13.8. The van der Waals surface area contributed by atoms with Crippen LogP contribution in [-0.2, 0) is 0 Å². The zero-order chi connectivity index (χ0) is 9.14. The van der Waals surface area contributed by atoms with Gasteiger partial charge in [-0.25, -0.2) is 8.78 Å². The van der Waals surface area contributed by atoms with E-state index in [-0.39, 0.29) is 6.42 Å². The molecule has 0 aliphatic heterocycles. The van der Waals surface area contributed by atoms with Crippen LogP contribution in [0.2, 0.25) is 0 Å². The Morgan fingerprint density at radius 3 is 2.58 bits per heavy atom. The van der Waals surface area contributed by atoms with Gasteiger partial charge in [0.1, 0.15) is 11.5 Å². The highest BCUT2D eigenvalue weighted by Gasteiger charge is 2.15. The molecular formula is C8H11F2NO. The van der Waals surface area contributed by atoms with E-state index in [4.69, 9.17) is 10.2 Å². The molecule has 12 heavy (non-hydrogen) atoms. The second-order valence-corrected chi connectivity index (χ2v) is 2.68. The summed E-state index contributed by atoms with van der Waals surface area (Å²) in [5, 5.41) is 0. The quantitative estimate of drug-likeness (QED) is 0.765. The van der Waals surface area contributed by atoms with Crippen molar-refractivity contribution in [3.05, 3.63) is 23.7 Å². The zero-order valence-corrected chi connectivity index (χ0v) is 6.76. The molecule has 0 unspecified atom stereocenters. The Bertz CT molecular complexity index is 247. The lowest BCUT2D eigenvalue weighted by Gasteiger charge is -2.06. The lowest BCUT2D eigenvalue weighted by atomic mass is 10.2. The SMILES string of the molecule is Cc1ccc([C@@H](N)CC(F)F)o1. The van der Waals surface area contributed by atoms with Gasteiger partial charge in [0.2, 0.25) is 6.43 Å². The van der Waals surface area contributed by atoms with Crippen LogP contribution >= 0.6 is 0 Å². The Kier molecular flexibility index (Phi) is 2.81. The first-order valence-corrected chi connectivity index (χ1v) is 3.69. The number of furan rings is 1. The number of aryl methyl sites for hydroxylation is 1. The molecular weight excluding hydrogens is 164 g/mol. The maximum atomic E-state index is 11.9. The third-order valence-corrected chi connectivity index (χ3v) is 1.56. The topological polar surface area (TPSA) is 39.2 Å². The standard InChI is InChI=1S/C8H11F2NO/c1-5-2-3-7(12-5)6(11)4-8(9)10/h2-3,6,8H,4,11H2,1H3/t6-/m0/s1. The molecule has 0 fully saturated rings. The van der Waals surface area contributed by atoms with Crippen LogP contribution in [0.3, 0.4) is 0 Å². The molecule has 2 nitrogen and oxygen atoms in total. The lowest BCUT2D eigenvalue weighted by molar-refractivity contribution is 0.124. The van der Waals surface area contributed by atoms with Gasteiger partial charge in [-0.05, 0) is 19.1 Å². The van der Waals surface area contributed by atoms with Crippen molar-refractivity contribution in [2.24, 2.45) is 5.73 Å². The zero-order valence-electron chi connectivity index (χ0n) is 6.76. The van der Waals surface area contributed by atoms with Crippen LogP contribution < -0.4 is 5.73 Å². The molecule has 1 aromatic heterocycles. The van der Waals surface area contributed by atoms with E-state index in [0.717, 1.165) is 0 Å². The van der Waals surface area contributed by atoms with Crippen molar-refractivity contribution in [3.63, 3.8) is 0 Å². The van der Waals surface area contributed by atoms with Crippen LogP contribution in [-0.4, -0.2) is 6.43 Å². The summed E-state index contributed by atoms with van der Waals surface area (Å²) in [6, 6.07) is 2.64. The number of rotatable bonds is 3. The van der Waals surface area contributed by atoms with Crippen LogP contribution in [0.4, 0.5) is 8.78 Å². The molecule has 1 heterocycles. The third kappa shape index (κ3) is 2.30. The molecule has 1 atom stereocenters. The van der Waals surface area contributed by atoms with Gasteiger partial charge in [-0.1, -0.05) is 0 Å². The fraction of sp³-hybridized carbons (Fsp3) is 0.500.